The van der Waals surface area contributed by atoms with Crippen LogP contribution in [-0.2, 0) is 4.74 Å². The van der Waals surface area contributed by atoms with E-state index in [4.69, 9.17) is 10.5 Å². The molecule has 0 saturated heterocycles. The summed E-state index contributed by atoms with van der Waals surface area (Å²) in [5.41, 5.74) is 5.43. The van der Waals surface area contributed by atoms with E-state index in [0.29, 0.717) is 11.6 Å². The van der Waals surface area contributed by atoms with Crippen LogP contribution in [0.25, 0.3) is 0 Å². The van der Waals surface area contributed by atoms with Crippen molar-refractivity contribution in [3.05, 3.63) is 11.6 Å². The molecule has 0 bridgehead atoms. The zero-order chi connectivity index (χ0) is 9.14. The van der Waals surface area contributed by atoms with Crippen molar-refractivity contribution >= 4 is 5.95 Å². The maximum Gasteiger partial charge on any atom is 0.223 e. The van der Waals surface area contributed by atoms with E-state index >= 15 is 0 Å². The normalized spacial score (nSPS) is 12.9. The molecule has 0 fully saturated rings. The minimum Gasteiger partial charge on any atom is -0.374 e. The van der Waals surface area contributed by atoms with Crippen molar-refractivity contribution in [3.8, 4) is 0 Å². The second-order valence-corrected chi connectivity index (χ2v) is 2.48. The quantitative estimate of drug-likeness (QED) is 0.694. The number of hydrogen-bond donors (Lipinski definition) is 1. The number of hydrogen-bond acceptors (Lipinski definition) is 5. The number of rotatable bonds is 2. The van der Waals surface area contributed by atoms with E-state index in [9.17, 15) is 0 Å². The first kappa shape index (κ1) is 8.86. The van der Waals surface area contributed by atoms with Gasteiger partial charge in [-0.3, -0.25) is 0 Å². The zero-order valence-corrected chi connectivity index (χ0v) is 7.40. The van der Waals surface area contributed by atoms with E-state index in [1.807, 2.05) is 6.92 Å². The highest BCUT2D eigenvalue weighted by Gasteiger charge is 2.08. The van der Waals surface area contributed by atoms with Crippen molar-refractivity contribution in [3.63, 3.8) is 0 Å². The molecule has 1 heterocycles. The summed E-state index contributed by atoms with van der Waals surface area (Å²) in [6, 6.07) is 0. The zero-order valence-electron chi connectivity index (χ0n) is 7.40. The molecule has 1 aromatic rings. The van der Waals surface area contributed by atoms with Gasteiger partial charge >= 0.3 is 0 Å². The molecule has 1 unspecified atom stereocenters. The van der Waals surface area contributed by atoms with Gasteiger partial charge in [0.15, 0.2) is 5.82 Å². The third-order valence-electron chi connectivity index (χ3n) is 1.50. The van der Waals surface area contributed by atoms with Crippen LogP contribution in [0, 0.1) is 6.92 Å². The topological polar surface area (TPSA) is 73.9 Å². The van der Waals surface area contributed by atoms with Crippen LogP contribution in [0.3, 0.4) is 0 Å². The number of aryl methyl sites for hydroxylation is 1. The van der Waals surface area contributed by atoms with E-state index in [-0.39, 0.29) is 12.1 Å². The molecule has 0 amide bonds. The second kappa shape index (κ2) is 3.44. The molecule has 0 spiro atoms. The molecule has 5 heteroatoms. The number of nitrogen functional groups attached to an aromatic ring is 1. The van der Waals surface area contributed by atoms with Crippen molar-refractivity contribution in [2.24, 2.45) is 0 Å². The molecule has 1 aromatic heterocycles. The molecule has 66 valence electrons. The average molecular weight is 168 g/mol. The van der Waals surface area contributed by atoms with Crippen molar-refractivity contribution in [1.29, 1.82) is 0 Å². The van der Waals surface area contributed by atoms with Gasteiger partial charge in [0, 0.05) is 7.11 Å². The lowest BCUT2D eigenvalue weighted by Crippen LogP contribution is -2.08. The van der Waals surface area contributed by atoms with Crippen LogP contribution in [0.5, 0.6) is 0 Å². The third-order valence-corrected chi connectivity index (χ3v) is 1.50. The van der Waals surface area contributed by atoms with E-state index in [2.05, 4.69) is 15.0 Å². The number of aromatic nitrogens is 3. The molecule has 0 aliphatic heterocycles. The molecule has 1 atom stereocenters. The fraction of sp³-hybridized carbons (Fsp3) is 0.571. The second-order valence-electron chi connectivity index (χ2n) is 2.48. The van der Waals surface area contributed by atoms with Crippen LogP contribution in [0.4, 0.5) is 5.95 Å². The SMILES string of the molecule is COC(C)c1nc(C)nc(N)n1. The Morgan fingerprint density at radius 1 is 1.33 bits per heavy atom. The Kier molecular flexibility index (Phi) is 2.54. The van der Waals surface area contributed by atoms with Gasteiger partial charge in [-0.25, -0.2) is 4.98 Å². The Balaban J connectivity index is 3.00. The Morgan fingerprint density at radius 3 is 2.50 bits per heavy atom. The van der Waals surface area contributed by atoms with Crippen LogP contribution < -0.4 is 5.73 Å². The lowest BCUT2D eigenvalue weighted by molar-refractivity contribution is 0.112. The van der Waals surface area contributed by atoms with E-state index in [1.54, 1.807) is 14.0 Å². The first-order valence-corrected chi connectivity index (χ1v) is 3.64. The highest BCUT2D eigenvalue weighted by Crippen LogP contribution is 2.10. The number of ether oxygens (including phenoxy) is 1. The van der Waals surface area contributed by atoms with Crippen LogP contribution in [0.15, 0.2) is 0 Å². The molecule has 0 radical (unpaired) electrons. The summed E-state index contributed by atoms with van der Waals surface area (Å²) in [4.78, 5) is 11.9. The van der Waals surface area contributed by atoms with Crippen LogP contribution in [0.2, 0.25) is 0 Å². The number of nitrogens with two attached hydrogens (primary N) is 1. The average Bonchev–Trinajstić information content (AvgIpc) is 2.01. The van der Waals surface area contributed by atoms with Gasteiger partial charge in [-0.05, 0) is 13.8 Å². The summed E-state index contributed by atoms with van der Waals surface area (Å²) in [7, 11) is 1.60. The highest BCUT2D eigenvalue weighted by atomic mass is 16.5. The third kappa shape index (κ3) is 1.88. The Bertz CT molecular complexity index is 256. The number of anilines is 1. The van der Waals surface area contributed by atoms with Gasteiger partial charge in [-0.1, -0.05) is 0 Å². The minimum absolute atomic E-state index is 0.144. The predicted molar refractivity (Wildman–Crippen MR) is 44.4 cm³/mol. The summed E-state index contributed by atoms with van der Waals surface area (Å²) in [6.07, 6.45) is -0.144. The molecular formula is C7H12N4O. The van der Waals surface area contributed by atoms with Gasteiger partial charge in [0.2, 0.25) is 5.95 Å². The molecule has 0 aromatic carbocycles. The Morgan fingerprint density at radius 2 is 2.00 bits per heavy atom. The maximum absolute atomic E-state index is 5.43. The smallest absolute Gasteiger partial charge is 0.223 e. The largest absolute Gasteiger partial charge is 0.374 e. The molecule has 0 aliphatic carbocycles. The molecule has 1 rings (SSSR count). The van der Waals surface area contributed by atoms with Crippen molar-refractivity contribution in [2.75, 3.05) is 12.8 Å². The number of nitrogens with zero attached hydrogens (tertiary/aromatic N) is 3. The van der Waals surface area contributed by atoms with Crippen molar-refractivity contribution < 1.29 is 4.74 Å². The number of methoxy groups -OCH3 is 1. The summed E-state index contributed by atoms with van der Waals surface area (Å²) in [5.74, 6) is 1.42. The standard InChI is InChI=1S/C7H12N4O/c1-4(12-3)6-9-5(2)10-7(8)11-6/h4H,1-3H3,(H2,8,9,10,11). The van der Waals surface area contributed by atoms with Crippen LogP contribution in [-0.4, -0.2) is 22.1 Å². The van der Waals surface area contributed by atoms with E-state index < -0.39 is 0 Å². The monoisotopic (exact) mass is 168 g/mol. The predicted octanol–water partition coefficient (Wildman–Crippen LogP) is 0.470. The highest BCUT2D eigenvalue weighted by molar-refractivity contribution is 5.15. The molecule has 2 N–H and O–H groups in total. The minimum atomic E-state index is -0.144. The van der Waals surface area contributed by atoms with Gasteiger partial charge in [0.25, 0.3) is 0 Å². The maximum atomic E-state index is 5.43. The first-order chi connectivity index (χ1) is 5.63. The molecule has 12 heavy (non-hydrogen) atoms. The van der Waals surface area contributed by atoms with E-state index in [1.165, 1.54) is 0 Å². The Labute approximate surface area is 71.0 Å². The first-order valence-electron chi connectivity index (χ1n) is 3.64. The van der Waals surface area contributed by atoms with Crippen LogP contribution >= 0.6 is 0 Å². The van der Waals surface area contributed by atoms with Gasteiger partial charge in [0.05, 0.1) is 0 Å². The molecule has 0 saturated carbocycles. The van der Waals surface area contributed by atoms with Gasteiger partial charge in [0.1, 0.15) is 11.9 Å². The van der Waals surface area contributed by atoms with E-state index in [0.717, 1.165) is 0 Å². The summed E-state index contributed by atoms with van der Waals surface area (Å²) < 4.78 is 5.04. The molecule has 5 nitrogen and oxygen atoms in total. The lowest BCUT2D eigenvalue weighted by Gasteiger charge is -2.07. The fourth-order valence-electron chi connectivity index (χ4n) is 0.811. The Hall–Kier alpha value is -1.23. The summed E-state index contributed by atoms with van der Waals surface area (Å²) in [6.45, 7) is 3.62. The van der Waals surface area contributed by atoms with Gasteiger partial charge in [-0.15, -0.1) is 0 Å². The van der Waals surface area contributed by atoms with Crippen molar-refractivity contribution in [1.82, 2.24) is 15.0 Å². The summed E-state index contributed by atoms with van der Waals surface area (Å²) >= 11 is 0. The van der Waals surface area contributed by atoms with Crippen LogP contribution in [0.1, 0.15) is 24.7 Å². The molecule has 0 aliphatic rings. The molecular weight excluding hydrogens is 156 g/mol. The summed E-state index contributed by atoms with van der Waals surface area (Å²) in [5, 5.41) is 0. The van der Waals surface area contributed by atoms with Gasteiger partial charge in [-0.2, -0.15) is 9.97 Å². The van der Waals surface area contributed by atoms with Crippen molar-refractivity contribution in [2.45, 2.75) is 20.0 Å². The van der Waals surface area contributed by atoms with Gasteiger partial charge < -0.3 is 10.5 Å². The lowest BCUT2D eigenvalue weighted by atomic mass is 10.4. The fourth-order valence-corrected chi connectivity index (χ4v) is 0.811.